The Kier molecular flexibility index (Phi) is 3.69. The van der Waals surface area contributed by atoms with Crippen molar-refractivity contribution in [2.75, 3.05) is 19.7 Å². The van der Waals surface area contributed by atoms with Gasteiger partial charge in [0.2, 0.25) is 0 Å². The lowest BCUT2D eigenvalue weighted by molar-refractivity contribution is -0.0377. The highest BCUT2D eigenvalue weighted by Crippen LogP contribution is 2.35. The fourth-order valence-electron chi connectivity index (χ4n) is 2.41. The number of nitrogens with zero attached hydrogens (tertiary/aromatic N) is 1. The molecule has 0 spiro atoms. The molecular weight excluding hydrogens is 242 g/mol. The zero-order valence-electron chi connectivity index (χ0n) is 11.0. The van der Waals surface area contributed by atoms with Crippen molar-refractivity contribution in [3.05, 3.63) is 35.9 Å². The maximum atomic E-state index is 12.0. The number of ether oxygens (including phenoxy) is 2. The molecule has 1 aromatic carbocycles. The summed E-state index contributed by atoms with van der Waals surface area (Å²) in [5.74, 6) is 0.657. The molecule has 1 heterocycles. The van der Waals surface area contributed by atoms with Crippen molar-refractivity contribution in [1.82, 2.24) is 4.90 Å². The predicted octanol–water partition coefficient (Wildman–Crippen LogP) is 2.43. The summed E-state index contributed by atoms with van der Waals surface area (Å²) in [5, 5.41) is 0. The number of carbonyl (C=O) groups is 1. The lowest BCUT2D eigenvalue weighted by atomic mass is 10.2. The molecule has 1 saturated heterocycles. The normalized spacial score (nSPS) is 23.2. The van der Waals surface area contributed by atoms with Gasteiger partial charge in [0.1, 0.15) is 6.61 Å². The molecule has 1 atom stereocenters. The highest BCUT2D eigenvalue weighted by molar-refractivity contribution is 5.67. The minimum Gasteiger partial charge on any atom is -0.445 e. The molecule has 1 aliphatic carbocycles. The molecule has 0 N–H and O–H groups in total. The Morgan fingerprint density at radius 3 is 2.84 bits per heavy atom. The van der Waals surface area contributed by atoms with Gasteiger partial charge >= 0.3 is 6.09 Å². The van der Waals surface area contributed by atoms with Crippen LogP contribution in [-0.2, 0) is 16.1 Å². The van der Waals surface area contributed by atoms with E-state index in [0.717, 1.165) is 5.56 Å². The highest BCUT2D eigenvalue weighted by atomic mass is 16.6. The van der Waals surface area contributed by atoms with Gasteiger partial charge in [0, 0.05) is 6.54 Å². The second-order valence-electron chi connectivity index (χ2n) is 5.23. The molecule has 0 bridgehead atoms. The number of hydrogen-bond donors (Lipinski definition) is 0. The Morgan fingerprint density at radius 2 is 2.11 bits per heavy atom. The highest BCUT2D eigenvalue weighted by Gasteiger charge is 2.36. The van der Waals surface area contributed by atoms with Gasteiger partial charge in [-0.25, -0.2) is 4.79 Å². The lowest BCUT2D eigenvalue weighted by Crippen LogP contribution is -2.46. The number of hydrogen-bond acceptors (Lipinski definition) is 3. The molecule has 2 aliphatic rings. The molecule has 1 amide bonds. The molecule has 0 radical (unpaired) electrons. The number of amides is 1. The average Bonchev–Trinajstić information content (AvgIpc) is 3.31. The van der Waals surface area contributed by atoms with Crippen LogP contribution < -0.4 is 0 Å². The smallest absolute Gasteiger partial charge is 0.410 e. The van der Waals surface area contributed by atoms with Gasteiger partial charge in [-0.05, 0) is 24.3 Å². The molecule has 4 heteroatoms. The lowest BCUT2D eigenvalue weighted by Gasteiger charge is -2.32. The van der Waals surface area contributed by atoms with E-state index in [4.69, 9.17) is 9.47 Å². The van der Waals surface area contributed by atoms with Gasteiger partial charge < -0.3 is 14.4 Å². The van der Waals surface area contributed by atoms with Gasteiger partial charge in [0.15, 0.2) is 0 Å². The monoisotopic (exact) mass is 261 g/mol. The standard InChI is InChI=1S/C15H19NO3/c17-15(19-11-12-4-2-1-3-5-12)16-8-9-18-14(10-16)13-6-7-13/h1-5,13-14H,6-11H2/t14-/m0/s1. The molecule has 4 nitrogen and oxygen atoms in total. The third-order valence-corrected chi connectivity index (χ3v) is 3.70. The zero-order valence-corrected chi connectivity index (χ0v) is 11.0. The molecule has 19 heavy (non-hydrogen) atoms. The fraction of sp³-hybridized carbons (Fsp3) is 0.533. The molecule has 0 unspecified atom stereocenters. The summed E-state index contributed by atoms with van der Waals surface area (Å²) in [6, 6.07) is 9.76. The second kappa shape index (κ2) is 5.61. The minimum absolute atomic E-state index is 0.220. The third-order valence-electron chi connectivity index (χ3n) is 3.70. The van der Waals surface area contributed by atoms with Crippen LogP contribution in [0, 0.1) is 5.92 Å². The largest absolute Gasteiger partial charge is 0.445 e. The Morgan fingerprint density at radius 1 is 1.32 bits per heavy atom. The first-order chi connectivity index (χ1) is 9.33. The van der Waals surface area contributed by atoms with E-state index in [1.807, 2.05) is 30.3 Å². The molecular formula is C15H19NO3. The van der Waals surface area contributed by atoms with Crippen LogP contribution in [0.5, 0.6) is 0 Å². The third kappa shape index (κ3) is 3.26. The minimum atomic E-state index is -0.224. The Bertz CT molecular complexity index is 430. The van der Waals surface area contributed by atoms with Crippen molar-refractivity contribution in [2.45, 2.75) is 25.6 Å². The van der Waals surface area contributed by atoms with E-state index in [0.29, 0.717) is 32.2 Å². The molecule has 102 valence electrons. The van der Waals surface area contributed by atoms with Crippen molar-refractivity contribution in [1.29, 1.82) is 0 Å². The first-order valence-corrected chi connectivity index (χ1v) is 6.90. The van der Waals surface area contributed by atoms with Gasteiger partial charge in [0.25, 0.3) is 0 Å². The first-order valence-electron chi connectivity index (χ1n) is 6.90. The maximum absolute atomic E-state index is 12.0. The number of carbonyl (C=O) groups excluding carboxylic acids is 1. The fourth-order valence-corrected chi connectivity index (χ4v) is 2.41. The van der Waals surface area contributed by atoms with Gasteiger partial charge in [-0.1, -0.05) is 30.3 Å². The Balaban J connectivity index is 1.49. The zero-order chi connectivity index (χ0) is 13.1. The number of rotatable bonds is 3. The van der Waals surface area contributed by atoms with E-state index < -0.39 is 0 Å². The van der Waals surface area contributed by atoms with Crippen LogP contribution in [0.2, 0.25) is 0 Å². The summed E-state index contributed by atoms with van der Waals surface area (Å²) < 4.78 is 11.0. The summed E-state index contributed by atoms with van der Waals surface area (Å²) in [6.07, 6.45) is 2.46. The van der Waals surface area contributed by atoms with E-state index in [1.54, 1.807) is 4.90 Å². The molecule has 1 aliphatic heterocycles. The maximum Gasteiger partial charge on any atom is 0.410 e. The van der Waals surface area contributed by atoms with Crippen LogP contribution in [0.3, 0.4) is 0 Å². The van der Waals surface area contributed by atoms with Gasteiger partial charge in [-0.15, -0.1) is 0 Å². The van der Waals surface area contributed by atoms with Crippen LogP contribution in [0.15, 0.2) is 30.3 Å². The van der Waals surface area contributed by atoms with Crippen LogP contribution in [0.1, 0.15) is 18.4 Å². The van der Waals surface area contributed by atoms with Gasteiger partial charge in [-0.2, -0.15) is 0 Å². The molecule has 2 fully saturated rings. The summed E-state index contributed by atoms with van der Waals surface area (Å²) in [6.45, 7) is 2.28. The Hall–Kier alpha value is -1.55. The molecule has 1 saturated carbocycles. The summed E-state index contributed by atoms with van der Waals surface area (Å²) in [7, 11) is 0. The van der Waals surface area contributed by atoms with Gasteiger partial charge in [0.05, 0.1) is 19.3 Å². The molecule has 0 aromatic heterocycles. The van der Waals surface area contributed by atoms with E-state index in [2.05, 4.69) is 0 Å². The van der Waals surface area contributed by atoms with Gasteiger partial charge in [-0.3, -0.25) is 0 Å². The summed E-state index contributed by atoms with van der Waals surface area (Å²) >= 11 is 0. The topological polar surface area (TPSA) is 38.8 Å². The molecule has 1 aromatic rings. The quantitative estimate of drug-likeness (QED) is 0.839. The van der Waals surface area contributed by atoms with E-state index >= 15 is 0 Å². The van der Waals surface area contributed by atoms with Crippen molar-refractivity contribution < 1.29 is 14.3 Å². The second-order valence-corrected chi connectivity index (χ2v) is 5.23. The summed E-state index contributed by atoms with van der Waals surface area (Å²) in [5.41, 5.74) is 1.02. The Labute approximate surface area is 113 Å². The van der Waals surface area contributed by atoms with Crippen molar-refractivity contribution in [2.24, 2.45) is 5.92 Å². The van der Waals surface area contributed by atoms with E-state index in [9.17, 15) is 4.79 Å². The predicted molar refractivity (Wildman–Crippen MR) is 70.7 cm³/mol. The average molecular weight is 261 g/mol. The number of benzene rings is 1. The van der Waals surface area contributed by atoms with E-state index in [-0.39, 0.29) is 12.2 Å². The van der Waals surface area contributed by atoms with Crippen molar-refractivity contribution >= 4 is 6.09 Å². The SMILES string of the molecule is O=C(OCc1ccccc1)N1CCO[C@H](C2CC2)C1. The van der Waals surface area contributed by atoms with Crippen LogP contribution in [-0.4, -0.2) is 36.8 Å². The molecule has 3 rings (SSSR count). The first kappa shape index (κ1) is 12.5. The van der Waals surface area contributed by atoms with Crippen LogP contribution >= 0.6 is 0 Å². The summed E-state index contributed by atoms with van der Waals surface area (Å²) in [4.78, 5) is 13.8. The van der Waals surface area contributed by atoms with Crippen molar-refractivity contribution in [3.63, 3.8) is 0 Å². The van der Waals surface area contributed by atoms with Crippen LogP contribution in [0.25, 0.3) is 0 Å². The van der Waals surface area contributed by atoms with Crippen LogP contribution in [0.4, 0.5) is 4.79 Å². The van der Waals surface area contributed by atoms with E-state index in [1.165, 1.54) is 12.8 Å². The van der Waals surface area contributed by atoms with Crippen molar-refractivity contribution in [3.8, 4) is 0 Å². The number of morpholine rings is 1.